The molecule has 7 nitrogen and oxygen atoms in total. The lowest BCUT2D eigenvalue weighted by Crippen LogP contribution is -2.23. The molecule has 0 aromatic carbocycles. The second kappa shape index (κ2) is 6.04. The van der Waals surface area contributed by atoms with E-state index < -0.39 is 9.84 Å². The van der Waals surface area contributed by atoms with Gasteiger partial charge in [0.05, 0.1) is 23.6 Å². The Morgan fingerprint density at radius 2 is 2.18 bits per heavy atom. The normalized spacial score (nSPS) is 22.8. The molecule has 0 unspecified atom stereocenters. The lowest BCUT2D eigenvalue weighted by Gasteiger charge is -2.29. The van der Waals surface area contributed by atoms with E-state index in [-0.39, 0.29) is 17.0 Å². The van der Waals surface area contributed by atoms with E-state index in [4.69, 9.17) is 0 Å². The fourth-order valence-corrected chi connectivity index (χ4v) is 5.04. The monoisotopic (exact) mass is 341 g/mol. The van der Waals surface area contributed by atoms with Crippen LogP contribution in [0, 0.1) is 12.8 Å². The topological polar surface area (TPSA) is 90.6 Å². The van der Waals surface area contributed by atoms with Gasteiger partial charge in [-0.25, -0.2) is 8.42 Å². The van der Waals surface area contributed by atoms with Gasteiger partial charge in [0, 0.05) is 6.04 Å². The standard InChI is InChI=1S/C13H19N5O2S2/c1-9-4-3-5-12(6-9)18-10(2)15-16-13(18)22(19,20)8-11-7-14-21-17-11/h7,9,12H,3-6,8H2,1-2H3/t9-,12+/m1/s1. The number of aryl methyl sites for hydroxylation is 1. The van der Waals surface area contributed by atoms with Crippen LogP contribution in [-0.2, 0) is 15.6 Å². The van der Waals surface area contributed by atoms with Crippen molar-refractivity contribution in [1.29, 1.82) is 0 Å². The van der Waals surface area contributed by atoms with Crippen LogP contribution in [0.15, 0.2) is 11.4 Å². The molecule has 22 heavy (non-hydrogen) atoms. The first-order valence-electron chi connectivity index (χ1n) is 7.38. The molecule has 2 atom stereocenters. The van der Waals surface area contributed by atoms with E-state index >= 15 is 0 Å². The summed E-state index contributed by atoms with van der Waals surface area (Å²) in [4.78, 5) is 0. The quantitative estimate of drug-likeness (QED) is 0.846. The van der Waals surface area contributed by atoms with E-state index in [1.165, 1.54) is 12.6 Å². The van der Waals surface area contributed by atoms with Crippen molar-refractivity contribution in [3.8, 4) is 0 Å². The molecule has 2 aromatic rings. The number of rotatable bonds is 4. The van der Waals surface area contributed by atoms with Gasteiger partial charge in [-0.3, -0.25) is 4.57 Å². The molecule has 9 heteroatoms. The molecule has 2 heterocycles. The first-order chi connectivity index (χ1) is 10.5. The maximum atomic E-state index is 12.7. The Morgan fingerprint density at radius 3 is 2.86 bits per heavy atom. The summed E-state index contributed by atoms with van der Waals surface area (Å²) in [6.45, 7) is 4.02. The number of sulfone groups is 1. The highest BCUT2D eigenvalue weighted by Crippen LogP contribution is 2.34. The van der Waals surface area contributed by atoms with Crippen LogP contribution >= 0.6 is 11.7 Å². The number of hydrogen-bond donors (Lipinski definition) is 0. The van der Waals surface area contributed by atoms with Gasteiger partial charge in [-0.2, -0.15) is 8.75 Å². The SMILES string of the molecule is Cc1nnc(S(=O)(=O)Cc2cnsn2)n1[C@H]1CCC[C@@H](C)C1. The molecule has 0 bridgehead atoms. The molecule has 2 aromatic heterocycles. The van der Waals surface area contributed by atoms with Crippen LogP contribution in [0.1, 0.15) is 50.2 Å². The summed E-state index contributed by atoms with van der Waals surface area (Å²) >= 11 is 1.01. The van der Waals surface area contributed by atoms with E-state index in [9.17, 15) is 8.42 Å². The third-order valence-electron chi connectivity index (χ3n) is 4.13. The zero-order chi connectivity index (χ0) is 15.7. The Hall–Kier alpha value is -1.35. The first-order valence-corrected chi connectivity index (χ1v) is 9.76. The van der Waals surface area contributed by atoms with Crippen LogP contribution < -0.4 is 0 Å². The van der Waals surface area contributed by atoms with Crippen molar-refractivity contribution in [3.05, 3.63) is 17.7 Å². The summed E-state index contributed by atoms with van der Waals surface area (Å²) in [6.07, 6.45) is 5.74. The molecule has 3 rings (SSSR count). The van der Waals surface area contributed by atoms with Gasteiger partial charge < -0.3 is 0 Å². The van der Waals surface area contributed by atoms with Gasteiger partial charge in [-0.15, -0.1) is 10.2 Å². The van der Waals surface area contributed by atoms with Crippen LogP contribution in [0.4, 0.5) is 0 Å². The second-order valence-corrected chi connectivity index (χ2v) is 8.42. The smallest absolute Gasteiger partial charge is 0.250 e. The van der Waals surface area contributed by atoms with Crippen molar-refractivity contribution in [2.24, 2.45) is 5.92 Å². The van der Waals surface area contributed by atoms with Crippen LogP contribution in [0.2, 0.25) is 0 Å². The van der Waals surface area contributed by atoms with Gasteiger partial charge in [0.1, 0.15) is 11.6 Å². The fraction of sp³-hybridized carbons (Fsp3) is 0.692. The van der Waals surface area contributed by atoms with Crippen molar-refractivity contribution in [3.63, 3.8) is 0 Å². The van der Waals surface area contributed by atoms with E-state index in [0.717, 1.165) is 31.0 Å². The maximum absolute atomic E-state index is 12.7. The highest BCUT2D eigenvalue weighted by Gasteiger charge is 2.30. The zero-order valence-corrected chi connectivity index (χ0v) is 14.3. The number of aromatic nitrogens is 5. The zero-order valence-electron chi connectivity index (χ0n) is 12.6. The second-order valence-electron chi connectivity index (χ2n) is 5.98. The average Bonchev–Trinajstić information content (AvgIpc) is 3.08. The summed E-state index contributed by atoms with van der Waals surface area (Å²) in [5, 5.41) is 8.03. The van der Waals surface area contributed by atoms with Crippen LogP contribution in [0.25, 0.3) is 0 Å². The summed E-state index contributed by atoms with van der Waals surface area (Å²) in [7, 11) is -3.57. The number of hydrogen-bond acceptors (Lipinski definition) is 7. The van der Waals surface area contributed by atoms with Crippen molar-refractivity contribution in [2.75, 3.05) is 0 Å². The summed E-state index contributed by atoms with van der Waals surface area (Å²) < 4.78 is 35.0. The van der Waals surface area contributed by atoms with Crippen molar-refractivity contribution in [2.45, 2.75) is 56.5 Å². The Bertz CT molecular complexity index is 739. The molecule has 0 saturated heterocycles. The lowest BCUT2D eigenvalue weighted by molar-refractivity contribution is 0.267. The Labute approximate surface area is 134 Å². The Morgan fingerprint density at radius 1 is 1.36 bits per heavy atom. The molecule has 0 radical (unpaired) electrons. The Balaban J connectivity index is 1.94. The average molecular weight is 341 g/mol. The molecular formula is C13H19N5O2S2. The molecule has 1 saturated carbocycles. The van der Waals surface area contributed by atoms with E-state index in [0.29, 0.717) is 17.4 Å². The van der Waals surface area contributed by atoms with Gasteiger partial charge >= 0.3 is 0 Å². The van der Waals surface area contributed by atoms with Gasteiger partial charge in [0.15, 0.2) is 0 Å². The summed E-state index contributed by atoms with van der Waals surface area (Å²) in [6, 6.07) is 0.164. The maximum Gasteiger partial charge on any atom is 0.250 e. The van der Waals surface area contributed by atoms with Gasteiger partial charge in [-0.05, 0) is 25.7 Å². The third kappa shape index (κ3) is 3.05. The summed E-state index contributed by atoms with van der Waals surface area (Å²) in [5.74, 6) is 1.08. The van der Waals surface area contributed by atoms with Crippen LogP contribution in [0.3, 0.4) is 0 Å². The molecule has 0 aliphatic heterocycles. The fourth-order valence-electron chi connectivity index (χ4n) is 3.13. The molecular weight excluding hydrogens is 322 g/mol. The first kappa shape index (κ1) is 15.5. The summed E-state index contributed by atoms with van der Waals surface area (Å²) in [5.41, 5.74) is 0.453. The lowest BCUT2D eigenvalue weighted by atomic mass is 9.87. The highest BCUT2D eigenvalue weighted by molar-refractivity contribution is 7.90. The van der Waals surface area contributed by atoms with E-state index in [2.05, 4.69) is 25.9 Å². The number of nitrogens with zero attached hydrogens (tertiary/aromatic N) is 5. The van der Waals surface area contributed by atoms with Gasteiger partial charge in [-0.1, -0.05) is 19.8 Å². The molecule has 1 fully saturated rings. The van der Waals surface area contributed by atoms with Crippen LogP contribution in [-0.4, -0.2) is 31.9 Å². The molecule has 120 valence electrons. The van der Waals surface area contributed by atoms with Crippen molar-refractivity contribution >= 4 is 21.6 Å². The van der Waals surface area contributed by atoms with Crippen molar-refractivity contribution < 1.29 is 8.42 Å². The van der Waals surface area contributed by atoms with Gasteiger partial charge in [0.25, 0.3) is 0 Å². The molecule has 0 amide bonds. The predicted octanol–water partition coefficient (Wildman–Crippen LogP) is 2.16. The predicted molar refractivity (Wildman–Crippen MR) is 82.2 cm³/mol. The minimum absolute atomic E-state index is 0.0668. The largest absolute Gasteiger partial charge is 0.299 e. The molecule has 0 N–H and O–H groups in total. The molecule has 1 aliphatic carbocycles. The Kier molecular flexibility index (Phi) is 4.26. The molecule has 1 aliphatic rings. The molecule has 0 spiro atoms. The van der Waals surface area contributed by atoms with Gasteiger partial charge in [0.2, 0.25) is 15.0 Å². The minimum atomic E-state index is -3.57. The van der Waals surface area contributed by atoms with Crippen LogP contribution in [0.5, 0.6) is 0 Å². The van der Waals surface area contributed by atoms with E-state index in [1.54, 1.807) is 0 Å². The van der Waals surface area contributed by atoms with Crippen molar-refractivity contribution in [1.82, 2.24) is 23.5 Å². The highest BCUT2D eigenvalue weighted by atomic mass is 32.2. The third-order valence-corrected chi connectivity index (χ3v) is 6.16. The minimum Gasteiger partial charge on any atom is -0.299 e. The van der Waals surface area contributed by atoms with E-state index in [1.807, 2.05) is 11.5 Å².